The van der Waals surface area contributed by atoms with Crippen molar-refractivity contribution < 1.29 is 22.1 Å². The molecular formula is C9H16N2O5S. The minimum Gasteiger partial charge on any atom is -0.457 e. The summed E-state index contributed by atoms with van der Waals surface area (Å²) in [6, 6.07) is -1.12. The molecule has 2 heterocycles. The van der Waals surface area contributed by atoms with Gasteiger partial charge in [-0.2, -0.15) is 13.1 Å². The molecule has 0 aromatic heterocycles. The Labute approximate surface area is 100 Å². The van der Waals surface area contributed by atoms with Crippen molar-refractivity contribution in [1.82, 2.24) is 9.62 Å². The van der Waals surface area contributed by atoms with Crippen LogP contribution in [0.3, 0.4) is 0 Å². The van der Waals surface area contributed by atoms with E-state index in [2.05, 4.69) is 8.91 Å². The minimum atomic E-state index is -3.75. The number of hydrogen-bond acceptors (Lipinski definition) is 6. The van der Waals surface area contributed by atoms with Crippen molar-refractivity contribution in [2.75, 3.05) is 19.7 Å². The van der Waals surface area contributed by atoms with E-state index < -0.39 is 34.5 Å². The van der Waals surface area contributed by atoms with Gasteiger partial charge >= 0.3 is 16.3 Å². The van der Waals surface area contributed by atoms with Gasteiger partial charge in [0.25, 0.3) is 0 Å². The Morgan fingerprint density at radius 1 is 1.41 bits per heavy atom. The van der Waals surface area contributed by atoms with Crippen LogP contribution in [0.25, 0.3) is 0 Å². The molecule has 1 N–H and O–H groups in total. The van der Waals surface area contributed by atoms with Crippen LogP contribution in [-0.2, 0) is 24.0 Å². The number of nitrogens with zero attached hydrogens (tertiary/aromatic N) is 1. The maximum atomic E-state index is 11.8. The van der Waals surface area contributed by atoms with Crippen molar-refractivity contribution >= 4 is 16.3 Å². The first kappa shape index (κ1) is 12.7. The highest BCUT2D eigenvalue weighted by atomic mass is 32.2. The first-order valence-corrected chi connectivity index (χ1v) is 7.00. The molecule has 98 valence electrons. The van der Waals surface area contributed by atoms with E-state index in [-0.39, 0.29) is 6.61 Å². The Kier molecular flexibility index (Phi) is 3.39. The number of ether oxygens (including phenoxy) is 1. The maximum absolute atomic E-state index is 11.8. The summed E-state index contributed by atoms with van der Waals surface area (Å²) in [5.74, 6) is -0.392. The van der Waals surface area contributed by atoms with E-state index in [0.717, 1.165) is 0 Å². The summed E-state index contributed by atoms with van der Waals surface area (Å²) in [6.07, 6.45) is -0.531. The Hall–Kier alpha value is -0.700. The predicted octanol–water partition coefficient (Wildman–Crippen LogP) is -1.14. The van der Waals surface area contributed by atoms with Crippen molar-refractivity contribution in [1.29, 1.82) is 0 Å². The molecule has 2 saturated heterocycles. The Bertz CT molecular complexity index is 406. The fourth-order valence-electron chi connectivity index (χ4n) is 2.27. The number of likely N-dealkylation sites (N-methyl/N-ethyl adjacent to an activating group) is 1. The van der Waals surface area contributed by atoms with Crippen LogP contribution in [0, 0.1) is 0 Å². The van der Waals surface area contributed by atoms with Gasteiger partial charge in [0.15, 0.2) is 0 Å². The number of carbonyl (C=O) groups excluding carboxylic acids is 1. The SMILES string of the molecule is CCN(CC)[C@H]1C(=O)O[C@@H]2COS(=O)(=O)N[C@@H]21. The molecule has 0 bridgehead atoms. The summed E-state index contributed by atoms with van der Waals surface area (Å²) in [5, 5.41) is 0. The molecule has 3 atom stereocenters. The van der Waals surface area contributed by atoms with Crippen molar-refractivity contribution in [3.05, 3.63) is 0 Å². The molecule has 0 aromatic rings. The minimum absolute atomic E-state index is 0.108. The third kappa shape index (κ3) is 2.30. The highest BCUT2D eigenvalue weighted by molar-refractivity contribution is 7.84. The van der Waals surface area contributed by atoms with Gasteiger partial charge in [-0.15, -0.1) is 0 Å². The molecule has 0 unspecified atom stereocenters. The quantitative estimate of drug-likeness (QED) is 0.648. The predicted molar refractivity (Wildman–Crippen MR) is 58.4 cm³/mol. The first-order valence-electron chi connectivity index (χ1n) is 5.59. The molecule has 0 saturated carbocycles. The normalized spacial score (nSPS) is 35.7. The van der Waals surface area contributed by atoms with E-state index >= 15 is 0 Å². The summed E-state index contributed by atoms with van der Waals surface area (Å²) in [6.45, 7) is 5.03. The van der Waals surface area contributed by atoms with Crippen LogP contribution in [0.5, 0.6) is 0 Å². The Morgan fingerprint density at radius 3 is 2.65 bits per heavy atom. The average molecular weight is 264 g/mol. The largest absolute Gasteiger partial charge is 0.457 e. The lowest BCUT2D eigenvalue weighted by atomic mass is 10.1. The molecule has 2 aliphatic rings. The van der Waals surface area contributed by atoms with Gasteiger partial charge in [0.05, 0.1) is 6.04 Å². The number of rotatable bonds is 3. The molecule has 0 radical (unpaired) electrons. The van der Waals surface area contributed by atoms with Gasteiger partial charge in [-0.25, -0.2) is 0 Å². The topological polar surface area (TPSA) is 84.9 Å². The molecular weight excluding hydrogens is 248 g/mol. The van der Waals surface area contributed by atoms with Crippen LogP contribution in [0.1, 0.15) is 13.8 Å². The average Bonchev–Trinajstić information content (AvgIpc) is 2.56. The second-order valence-corrected chi connectivity index (χ2v) is 5.40. The smallest absolute Gasteiger partial charge is 0.336 e. The lowest BCUT2D eigenvalue weighted by Crippen LogP contribution is -2.58. The van der Waals surface area contributed by atoms with Gasteiger partial charge in [-0.1, -0.05) is 13.8 Å². The number of carbonyl (C=O) groups is 1. The van der Waals surface area contributed by atoms with E-state index in [4.69, 9.17) is 4.74 Å². The number of esters is 1. The van der Waals surface area contributed by atoms with Gasteiger partial charge in [-0.05, 0) is 13.1 Å². The van der Waals surface area contributed by atoms with Gasteiger partial charge in [-0.3, -0.25) is 13.9 Å². The summed E-state index contributed by atoms with van der Waals surface area (Å²) < 4.78 is 34.7. The van der Waals surface area contributed by atoms with E-state index in [1.807, 2.05) is 18.7 Å². The third-order valence-corrected chi connectivity index (χ3v) is 4.13. The number of fused-ring (bicyclic) bond motifs is 1. The van der Waals surface area contributed by atoms with Crippen molar-refractivity contribution in [3.63, 3.8) is 0 Å². The molecule has 2 fully saturated rings. The van der Waals surface area contributed by atoms with Gasteiger partial charge < -0.3 is 4.74 Å². The summed E-state index contributed by atoms with van der Waals surface area (Å²) in [5.41, 5.74) is 0. The van der Waals surface area contributed by atoms with Crippen LogP contribution in [0.15, 0.2) is 0 Å². The highest BCUT2D eigenvalue weighted by Crippen LogP contribution is 2.25. The molecule has 2 rings (SSSR count). The number of nitrogens with one attached hydrogen (secondary N) is 1. The zero-order chi connectivity index (χ0) is 12.6. The molecule has 0 spiro atoms. The summed E-state index contributed by atoms with van der Waals surface area (Å²) in [7, 11) is -3.75. The Balaban J connectivity index is 2.23. The lowest BCUT2D eigenvalue weighted by molar-refractivity contribution is -0.146. The monoisotopic (exact) mass is 264 g/mol. The van der Waals surface area contributed by atoms with E-state index in [9.17, 15) is 13.2 Å². The molecule has 0 aliphatic carbocycles. The first-order chi connectivity index (χ1) is 7.98. The van der Waals surface area contributed by atoms with Crippen LogP contribution < -0.4 is 4.72 Å². The molecule has 7 nitrogen and oxygen atoms in total. The van der Waals surface area contributed by atoms with Gasteiger partial charge in [0.1, 0.15) is 18.8 Å². The van der Waals surface area contributed by atoms with E-state index in [0.29, 0.717) is 13.1 Å². The van der Waals surface area contributed by atoms with Crippen LogP contribution >= 0.6 is 0 Å². The van der Waals surface area contributed by atoms with Crippen molar-refractivity contribution in [2.24, 2.45) is 0 Å². The summed E-state index contributed by atoms with van der Waals surface area (Å²) >= 11 is 0. The second kappa shape index (κ2) is 4.52. The third-order valence-electron chi connectivity index (χ3n) is 3.12. The molecule has 0 aromatic carbocycles. The molecule has 17 heavy (non-hydrogen) atoms. The summed E-state index contributed by atoms with van der Waals surface area (Å²) in [4.78, 5) is 13.6. The Morgan fingerprint density at radius 2 is 2.06 bits per heavy atom. The zero-order valence-electron chi connectivity index (χ0n) is 9.75. The lowest BCUT2D eigenvalue weighted by Gasteiger charge is -2.31. The zero-order valence-corrected chi connectivity index (χ0v) is 10.6. The number of hydrogen-bond donors (Lipinski definition) is 1. The second-order valence-electron chi connectivity index (χ2n) is 4.02. The van der Waals surface area contributed by atoms with Gasteiger partial charge in [0.2, 0.25) is 0 Å². The van der Waals surface area contributed by atoms with E-state index in [1.165, 1.54) is 0 Å². The van der Waals surface area contributed by atoms with Crippen LogP contribution in [0.2, 0.25) is 0 Å². The highest BCUT2D eigenvalue weighted by Gasteiger charge is 2.51. The van der Waals surface area contributed by atoms with E-state index in [1.54, 1.807) is 0 Å². The van der Waals surface area contributed by atoms with Crippen molar-refractivity contribution in [2.45, 2.75) is 32.0 Å². The van der Waals surface area contributed by atoms with Gasteiger partial charge in [0, 0.05) is 0 Å². The molecule has 0 amide bonds. The standard InChI is InChI=1S/C9H16N2O5S/c1-3-11(4-2)8-7-6(16-9(8)12)5-15-17(13,14)10-7/h6-8,10H,3-5H2,1-2H3/t6-,7+,8-/m1/s1. The van der Waals surface area contributed by atoms with Crippen LogP contribution in [-0.4, -0.2) is 57.2 Å². The fourth-order valence-corrected chi connectivity index (χ4v) is 3.27. The molecule has 2 aliphatic heterocycles. The van der Waals surface area contributed by atoms with Crippen LogP contribution in [0.4, 0.5) is 0 Å². The van der Waals surface area contributed by atoms with Crippen molar-refractivity contribution in [3.8, 4) is 0 Å². The maximum Gasteiger partial charge on any atom is 0.336 e. The molecule has 8 heteroatoms. The fraction of sp³-hybridized carbons (Fsp3) is 0.889.